The second-order valence-corrected chi connectivity index (χ2v) is 9.80. The van der Waals surface area contributed by atoms with Gasteiger partial charge in [0, 0.05) is 13.0 Å². The highest BCUT2D eigenvalue weighted by atomic mass is 16.6. The van der Waals surface area contributed by atoms with E-state index in [0.717, 1.165) is 32.1 Å². The molecule has 2 aromatic rings. The Morgan fingerprint density at radius 2 is 1.59 bits per heavy atom. The van der Waals surface area contributed by atoms with Gasteiger partial charge in [0.1, 0.15) is 17.9 Å². The molecular formula is C31H44O6. The molecule has 0 aliphatic carbocycles. The summed E-state index contributed by atoms with van der Waals surface area (Å²) in [5.41, 5.74) is 2.15. The van der Waals surface area contributed by atoms with Crippen LogP contribution in [0.2, 0.25) is 0 Å². The van der Waals surface area contributed by atoms with E-state index in [1.165, 1.54) is 50.2 Å². The van der Waals surface area contributed by atoms with Crippen molar-refractivity contribution in [2.24, 2.45) is 0 Å². The Morgan fingerprint density at radius 3 is 2.27 bits per heavy atom. The maximum absolute atomic E-state index is 12.6. The first kappa shape index (κ1) is 30.2. The van der Waals surface area contributed by atoms with Crippen LogP contribution >= 0.6 is 0 Å². The minimum atomic E-state index is -0.749. The van der Waals surface area contributed by atoms with E-state index < -0.39 is 11.6 Å². The predicted octanol–water partition coefficient (Wildman–Crippen LogP) is 8.31. The van der Waals surface area contributed by atoms with Crippen LogP contribution in [0.1, 0.15) is 98.8 Å². The molecule has 0 saturated heterocycles. The molecule has 0 aliphatic heterocycles. The van der Waals surface area contributed by atoms with Crippen molar-refractivity contribution >= 4 is 16.9 Å². The number of carbonyl (C=O) groups is 1. The van der Waals surface area contributed by atoms with Crippen LogP contribution in [0.3, 0.4) is 0 Å². The first-order valence-corrected chi connectivity index (χ1v) is 13.7. The van der Waals surface area contributed by atoms with Crippen molar-refractivity contribution < 1.29 is 23.4 Å². The van der Waals surface area contributed by atoms with E-state index in [2.05, 4.69) is 39.8 Å². The maximum atomic E-state index is 12.6. The number of unbranched alkanes of at least 4 members (excludes halogenated alkanes) is 7. The maximum Gasteiger partial charge on any atom is 0.383 e. The van der Waals surface area contributed by atoms with Crippen molar-refractivity contribution in [3.8, 4) is 17.2 Å². The van der Waals surface area contributed by atoms with Crippen molar-refractivity contribution in [2.75, 3.05) is 13.2 Å². The number of ether oxygens (including phenoxy) is 3. The smallest absolute Gasteiger partial charge is 0.383 e. The van der Waals surface area contributed by atoms with Gasteiger partial charge in [0.05, 0.1) is 12.0 Å². The average Bonchev–Trinajstić information content (AvgIpc) is 2.84. The van der Waals surface area contributed by atoms with E-state index in [1.807, 2.05) is 0 Å². The van der Waals surface area contributed by atoms with Crippen LogP contribution in [0, 0.1) is 0 Å². The summed E-state index contributed by atoms with van der Waals surface area (Å²) in [6.07, 6.45) is 15.7. The molecule has 0 amide bonds. The quantitative estimate of drug-likeness (QED) is 0.0918. The minimum Gasteiger partial charge on any atom is -0.489 e. The zero-order valence-electron chi connectivity index (χ0n) is 23.3. The molecule has 0 fully saturated rings. The largest absolute Gasteiger partial charge is 0.489 e. The van der Waals surface area contributed by atoms with E-state index in [0.29, 0.717) is 29.9 Å². The second-order valence-electron chi connectivity index (χ2n) is 9.80. The van der Waals surface area contributed by atoms with Crippen LogP contribution in [-0.4, -0.2) is 19.2 Å². The highest BCUT2D eigenvalue weighted by molar-refractivity contribution is 5.87. The van der Waals surface area contributed by atoms with Crippen molar-refractivity contribution in [1.82, 2.24) is 0 Å². The van der Waals surface area contributed by atoms with Gasteiger partial charge in [-0.05, 0) is 58.2 Å². The van der Waals surface area contributed by atoms with Gasteiger partial charge in [0.25, 0.3) is 5.75 Å². The molecule has 6 heteroatoms. The van der Waals surface area contributed by atoms with Gasteiger partial charge < -0.3 is 18.6 Å². The van der Waals surface area contributed by atoms with Gasteiger partial charge in [-0.25, -0.2) is 4.79 Å². The molecule has 0 N–H and O–H groups in total. The molecule has 1 heterocycles. The van der Waals surface area contributed by atoms with Gasteiger partial charge in [0.15, 0.2) is 5.75 Å². The average molecular weight is 513 g/mol. The summed E-state index contributed by atoms with van der Waals surface area (Å²) in [5, 5.41) is 0.566. The lowest BCUT2D eigenvalue weighted by Crippen LogP contribution is -2.14. The van der Waals surface area contributed by atoms with E-state index in [9.17, 15) is 9.59 Å². The Hall–Kier alpha value is -3.02. The molecular weight excluding hydrogens is 468 g/mol. The summed E-state index contributed by atoms with van der Waals surface area (Å²) in [6, 6.07) is 5.24. The summed E-state index contributed by atoms with van der Waals surface area (Å²) in [5.74, 6) is 0.0163. The standard InChI is InChI=1S/C31H44O6/c1-6-7-8-9-10-11-12-13-20-35-29-27-18-17-26(34-21-19-24(4)16-14-15-23(2)3)22-28(27)37-31(33)30(29)36-25(5)32/h15,17-19,22H,6-14,16,20-21H2,1-5H3/b24-19+. The fraction of sp³-hybridized carbons (Fsp3) is 0.548. The number of esters is 1. The third-order valence-corrected chi connectivity index (χ3v) is 6.06. The lowest BCUT2D eigenvalue weighted by molar-refractivity contribution is -0.132. The van der Waals surface area contributed by atoms with Crippen LogP contribution in [0.5, 0.6) is 17.2 Å². The first-order chi connectivity index (χ1) is 17.8. The first-order valence-electron chi connectivity index (χ1n) is 13.7. The number of carbonyl (C=O) groups excluding carboxylic acids is 1. The van der Waals surface area contributed by atoms with Gasteiger partial charge in [-0.3, -0.25) is 4.79 Å². The molecule has 0 atom stereocenters. The van der Waals surface area contributed by atoms with Gasteiger partial charge in [-0.15, -0.1) is 0 Å². The van der Waals surface area contributed by atoms with Gasteiger partial charge in [-0.1, -0.05) is 69.1 Å². The number of allylic oxidation sites excluding steroid dienone is 3. The molecule has 1 aromatic carbocycles. The molecule has 6 nitrogen and oxygen atoms in total. The van der Waals surface area contributed by atoms with Crippen LogP contribution < -0.4 is 19.8 Å². The third-order valence-electron chi connectivity index (χ3n) is 6.06. The fourth-order valence-electron chi connectivity index (χ4n) is 3.98. The highest BCUT2D eigenvalue weighted by Crippen LogP contribution is 2.35. The third kappa shape index (κ3) is 11.3. The van der Waals surface area contributed by atoms with Crippen LogP contribution in [0.15, 0.2) is 50.7 Å². The number of benzene rings is 1. The number of fused-ring (bicyclic) bond motifs is 1. The zero-order chi connectivity index (χ0) is 27.0. The summed E-state index contributed by atoms with van der Waals surface area (Å²) >= 11 is 0. The Balaban J connectivity index is 2.06. The van der Waals surface area contributed by atoms with E-state index in [4.69, 9.17) is 18.6 Å². The molecule has 1 aromatic heterocycles. The monoisotopic (exact) mass is 512 g/mol. The molecule has 0 radical (unpaired) electrons. The number of rotatable bonds is 17. The molecule has 2 rings (SSSR count). The molecule has 0 aliphatic rings. The number of hydrogen-bond donors (Lipinski definition) is 0. The van der Waals surface area contributed by atoms with Crippen LogP contribution in [-0.2, 0) is 4.79 Å². The lowest BCUT2D eigenvalue weighted by Gasteiger charge is -2.13. The van der Waals surface area contributed by atoms with Gasteiger partial charge in [-0.2, -0.15) is 0 Å². The topological polar surface area (TPSA) is 75.0 Å². The van der Waals surface area contributed by atoms with Crippen molar-refractivity contribution in [1.29, 1.82) is 0 Å². The molecule has 204 valence electrons. The van der Waals surface area contributed by atoms with E-state index in [1.54, 1.807) is 18.2 Å². The Labute approximate surface area is 221 Å². The molecule has 0 spiro atoms. The second kappa shape index (κ2) is 16.7. The normalized spacial score (nSPS) is 11.4. The summed E-state index contributed by atoms with van der Waals surface area (Å²) in [7, 11) is 0. The summed E-state index contributed by atoms with van der Waals surface area (Å²) < 4.78 is 22.5. The predicted molar refractivity (Wildman–Crippen MR) is 150 cm³/mol. The van der Waals surface area contributed by atoms with E-state index >= 15 is 0 Å². The van der Waals surface area contributed by atoms with Crippen molar-refractivity contribution in [2.45, 2.75) is 98.8 Å². The van der Waals surface area contributed by atoms with Crippen molar-refractivity contribution in [3.05, 3.63) is 51.9 Å². The fourth-order valence-corrected chi connectivity index (χ4v) is 3.98. The Kier molecular flexibility index (Phi) is 13.6. The van der Waals surface area contributed by atoms with Crippen LogP contribution in [0.4, 0.5) is 0 Å². The molecule has 0 unspecified atom stereocenters. The molecule has 0 bridgehead atoms. The van der Waals surface area contributed by atoms with Crippen LogP contribution in [0.25, 0.3) is 11.0 Å². The van der Waals surface area contributed by atoms with Gasteiger partial charge in [0.2, 0.25) is 0 Å². The Morgan fingerprint density at radius 1 is 0.892 bits per heavy atom. The Bertz CT molecular complexity index is 1100. The summed E-state index contributed by atoms with van der Waals surface area (Å²) in [6.45, 7) is 10.6. The molecule has 37 heavy (non-hydrogen) atoms. The van der Waals surface area contributed by atoms with Crippen molar-refractivity contribution in [3.63, 3.8) is 0 Å². The lowest BCUT2D eigenvalue weighted by atomic mass is 10.1. The summed E-state index contributed by atoms with van der Waals surface area (Å²) in [4.78, 5) is 24.3. The zero-order valence-corrected chi connectivity index (χ0v) is 23.3. The highest BCUT2D eigenvalue weighted by Gasteiger charge is 2.20. The van der Waals surface area contributed by atoms with E-state index in [-0.39, 0.29) is 11.5 Å². The SMILES string of the molecule is CCCCCCCCCCOc1c(OC(C)=O)c(=O)oc2cc(OC/C=C(\C)CCC=C(C)C)ccc12. The minimum absolute atomic E-state index is 0.205. The molecule has 0 saturated carbocycles. The number of hydrogen-bond acceptors (Lipinski definition) is 6. The van der Waals surface area contributed by atoms with Gasteiger partial charge >= 0.3 is 11.6 Å².